The molecule has 32 heavy (non-hydrogen) atoms. The molecule has 162 valence electrons. The predicted octanol–water partition coefficient (Wildman–Crippen LogP) is 3.17. The van der Waals surface area contributed by atoms with E-state index in [0.29, 0.717) is 17.7 Å². The van der Waals surface area contributed by atoms with Crippen LogP contribution >= 0.6 is 0 Å². The highest BCUT2D eigenvalue weighted by Gasteiger charge is 2.34. The molecule has 8 heteroatoms. The molecule has 1 aliphatic rings. The van der Waals surface area contributed by atoms with Crippen molar-refractivity contribution in [3.8, 4) is 23.3 Å². The third kappa shape index (κ3) is 3.65. The van der Waals surface area contributed by atoms with Gasteiger partial charge in [-0.3, -0.25) is 4.79 Å². The number of rotatable bonds is 4. The summed E-state index contributed by atoms with van der Waals surface area (Å²) in [6, 6.07) is 13.8. The van der Waals surface area contributed by atoms with Crippen LogP contribution in [0.4, 0.5) is 4.39 Å². The van der Waals surface area contributed by atoms with Crippen LogP contribution in [0.15, 0.2) is 64.8 Å². The molecule has 0 saturated carbocycles. The van der Waals surface area contributed by atoms with Crippen molar-refractivity contribution >= 4 is 0 Å². The first-order chi connectivity index (χ1) is 15.3. The largest absolute Gasteiger partial charge is 0.504 e. The van der Waals surface area contributed by atoms with Crippen molar-refractivity contribution in [2.45, 2.75) is 25.8 Å². The molecule has 2 aromatic carbocycles. The highest BCUT2D eigenvalue weighted by molar-refractivity contribution is 5.55. The van der Waals surface area contributed by atoms with Crippen LogP contribution in [-0.4, -0.2) is 14.8 Å². The van der Waals surface area contributed by atoms with Crippen molar-refractivity contribution in [2.75, 3.05) is 0 Å². The molecule has 1 atom stereocenters. The first-order valence-corrected chi connectivity index (χ1v) is 9.88. The summed E-state index contributed by atoms with van der Waals surface area (Å²) in [5.74, 6) is -1.71. The van der Waals surface area contributed by atoms with Gasteiger partial charge in [0.25, 0.3) is 5.56 Å². The van der Waals surface area contributed by atoms with Gasteiger partial charge < -0.3 is 25.3 Å². The number of nitrogens with two attached hydrogens (primary N) is 1. The Morgan fingerprint density at radius 1 is 1.19 bits per heavy atom. The Morgan fingerprint density at radius 2 is 1.97 bits per heavy atom. The summed E-state index contributed by atoms with van der Waals surface area (Å²) in [7, 11) is 0. The molecular weight excluding hydrogens is 413 g/mol. The van der Waals surface area contributed by atoms with Crippen molar-refractivity contribution in [3.05, 3.63) is 98.5 Å². The molecule has 0 fully saturated rings. The summed E-state index contributed by atoms with van der Waals surface area (Å²) >= 11 is 0. The molecule has 4 N–H and O–H groups in total. The first kappa shape index (κ1) is 21.0. The molecule has 1 aliphatic heterocycles. The normalized spacial score (nSPS) is 15.1. The molecule has 4 rings (SSSR count). The Kier molecular flexibility index (Phi) is 5.33. The summed E-state index contributed by atoms with van der Waals surface area (Å²) in [6.07, 6.45) is 0.405. The molecule has 3 aromatic rings. The van der Waals surface area contributed by atoms with Crippen molar-refractivity contribution in [1.82, 2.24) is 4.57 Å². The first-order valence-electron chi connectivity index (χ1n) is 9.88. The fraction of sp³-hybridized carbons (Fsp3) is 0.167. The van der Waals surface area contributed by atoms with E-state index in [1.165, 1.54) is 34.9 Å². The summed E-state index contributed by atoms with van der Waals surface area (Å²) < 4.78 is 21.1. The fourth-order valence-electron chi connectivity index (χ4n) is 3.95. The minimum atomic E-state index is -0.864. The van der Waals surface area contributed by atoms with Gasteiger partial charge in [0.1, 0.15) is 23.2 Å². The number of nitriles is 1. The zero-order valence-corrected chi connectivity index (χ0v) is 17.2. The lowest BCUT2D eigenvalue weighted by molar-refractivity contribution is 0.388. The van der Waals surface area contributed by atoms with Crippen molar-refractivity contribution in [1.29, 1.82) is 5.26 Å². The number of aromatic hydroxyl groups is 2. The maximum absolute atomic E-state index is 14.0. The van der Waals surface area contributed by atoms with Gasteiger partial charge in [-0.25, -0.2) is 4.39 Å². The number of halogens is 1. The van der Waals surface area contributed by atoms with E-state index in [2.05, 4.69) is 0 Å². The number of benzene rings is 2. The average molecular weight is 433 g/mol. The molecule has 2 heterocycles. The van der Waals surface area contributed by atoms with Gasteiger partial charge in [-0.1, -0.05) is 18.2 Å². The van der Waals surface area contributed by atoms with Gasteiger partial charge in [-0.15, -0.1) is 0 Å². The molecule has 0 spiro atoms. The number of phenols is 2. The number of hydrogen-bond acceptors (Lipinski definition) is 6. The van der Waals surface area contributed by atoms with Crippen LogP contribution in [0.2, 0.25) is 0 Å². The quantitative estimate of drug-likeness (QED) is 0.544. The summed E-state index contributed by atoms with van der Waals surface area (Å²) in [4.78, 5) is 13.5. The predicted molar refractivity (Wildman–Crippen MR) is 115 cm³/mol. The number of fused-ring (bicyclic) bond motifs is 1. The SMILES string of the molecule is Cc1cc2c(c(=O)n1CCc1ccc(O)c(O)c1)[C@H](c1cccc(F)c1)C(C#N)=C(N)O2. The van der Waals surface area contributed by atoms with Crippen LogP contribution in [0, 0.1) is 24.1 Å². The second-order valence-electron chi connectivity index (χ2n) is 7.57. The van der Waals surface area contributed by atoms with Crippen LogP contribution < -0.4 is 16.0 Å². The average Bonchev–Trinajstić information content (AvgIpc) is 2.75. The Hall–Kier alpha value is -4.25. The van der Waals surface area contributed by atoms with Crippen LogP contribution in [0.25, 0.3) is 0 Å². The minimum absolute atomic E-state index is 0.0408. The topological polar surface area (TPSA) is 122 Å². The zero-order chi connectivity index (χ0) is 23.0. The van der Waals surface area contributed by atoms with Crippen LogP contribution in [0.3, 0.4) is 0 Å². The number of ether oxygens (including phenoxy) is 1. The maximum atomic E-state index is 14.0. The number of hydrogen-bond donors (Lipinski definition) is 3. The number of nitrogens with zero attached hydrogens (tertiary/aromatic N) is 2. The lowest BCUT2D eigenvalue weighted by Crippen LogP contribution is -2.33. The minimum Gasteiger partial charge on any atom is -0.504 e. The second kappa shape index (κ2) is 8.12. The van der Waals surface area contributed by atoms with E-state index in [0.717, 1.165) is 5.56 Å². The third-order valence-corrected chi connectivity index (χ3v) is 5.54. The fourth-order valence-corrected chi connectivity index (χ4v) is 3.95. The van der Waals surface area contributed by atoms with E-state index in [1.54, 1.807) is 25.1 Å². The summed E-state index contributed by atoms with van der Waals surface area (Å²) in [5.41, 5.74) is 7.59. The molecule has 1 aromatic heterocycles. The van der Waals surface area contributed by atoms with E-state index in [9.17, 15) is 24.7 Å². The van der Waals surface area contributed by atoms with E-state index in [1.807, 2.05) is 6.07 Å². The Bertz CT molecular complexity index is 1350. The number of aryl methyl sites for hydroxylation is 2. The summed E-state index contributed by atoms with van der Waals surface area (Å²) in [5, 5.41) is 28.9. The Labute approximate surface area is 183 Å². The number of pyridine rings is 1. The van der Waals surface area contributed by atoms with Crippen LogP contribution in [0.1, 0.15) is 28.3 Å². The van der Waals surface area contributed by atoms with Gasteiger partial charge >= 0.3 is 0 Å². The standard InChI is InChI=1S/C24H20FN3O4/c1-13-9-20-22(24(31)28(13)8-7-14-5-6-18(29)19(30)10-14)21(17(12-26)23(27)32-20)15-3-2-4-16(25)11-15/h2-6,9-11,21,29-30H,7-8,27H2,1H3/t21-/m1/s1. The highest BCUT2D eigenvalue weighted by Crippen LogP contribution is 2.40. The molecule has 0 amide bonds. The van der Waals surface area contributed by atoms with Gasteiger partial charge in [-0.05, 0) is 48.7 Å². The molecule has 0 bridgehead atoms. The number of aromatic nitrogens is 1. The molecule has 0 radical (unpaired) electrons. The second-order valence-corrected chi connectivity index (χ2v) is 7.57. The monoisotopic (exact) mass is 433 g/mol. The van der Waals surface area contributed by atoms with Gasteiger partial charge in [0, 0.05) is 18.3 Å². The Balaban J connectivity index is 1.81. The van der Waals surface area contributed by atoms with E-state index >= 15 is 0 Å². The molecule has 0 saturated heterocycles. The maximum Gasteiger partial charge on any atom is 0.258 e. The smallest absolute Gasteiger partial charge is 0.258 e. The Morgan fingerprint density at radius 3 is 2.66 bits per heavy atom. The summed E-state index contributed by atoms with van der Waals surface area (Å²) in [6.45, 7) is 2.02. The highest BCUT2D eigenvalue weighted by atomic mass is 19.1. The lowest BCUT2D eigenvalue weighted by Gasteiger charge is -2.27. The van der Waals surface area contributed by atoms with E-state index in [4.69, 9.17) is 10.5 Å². The molecule has 0 unspecified atom stereocenters. The molecule has 0 aliphatic carbocycles. The van der Waals surface area contributed by atoms with Gasteiger partial charge in [0.2, 0.25) is 5.88 Å². The lowest BCUT2D eigenvalue weighted by atomic mass is 9.84. The van der Waals surface area contributed by atoms with Gasteiger partial charge in [0.05, 0.1) is 11.5 Å². The van der Waals surface area contributed by atoms with Crippen molar-refractivity contribution in [2.24, 2.45) is 5.73 Å². The van der Waals surface area contributed by atoms with Crippen LogP contribution in [0.5, 0.6) is 17.2 Å². The van der Waals surface area contributed by atoms with Crippen molar-refractivity contribution < 1.29 is 19.3 Å². The zero-order valence-electron chi connectivity index (χ0n) is 17.2. The third-order valence-electron chi connectivity index (χ3n) is 5.54. The van der Waals surface area contributed by atoms with E-state index < -0.39 is 11.7 Å². The van der Waals surface area contributed by atoms with Gasteiger partial charge in [0.15, 0.2) is 11.5 Å². The van der Waals surface area contributed by atoms with Gasteiger partial charge in [-0.2, -0.15) is 5.26 Å². The van der Waals surface area contributed by atoms with E-state index in [-0.39, 0.29) is 46.4 Å². The number of allylic oxidation sites excluding steroid dienone is 1. The molecular formula is C24H20FN3O4. The molecule has 7 nitrogen and oxygen atoms in total. The number of phenolic OH excluding ortho intramolecular Hbond substituents is 2. The van der Waals surface area contributed by atoms with Crippen molar-refractivity contribution in [3.63, 3.8) is 0 Å². The van der Waals surface area contributed by atoms with Crippen LogP contribution in [-0.2, 0) is 13.0 Å².